The number of hydrogen-bond donors (Lipinski definition) is 1. The minimum Gasteiger partial charge on any atom is -0.330 e. The van der Waals surface area contributed by atoms with Crippen LogP contribution in [0.25, 0.3) is 11.0 Å². The van der Waals surface area contributed by atoms with E-state index in [1.165, 1.54) is 5.52 Å². The molecular weight excluding hydrogens is 260 g/mol. The maximum absolute atomic E-state index is 4.74. The first-order valence-corrected chi connectivity index (χ1v) is 6.61. The molecule has 0 radical (unpaired) electrons. The van der Waals surface area contributed by atoms with Crippen molar-refractivity contribution in [1.29, 1.82) is 0 Å². The van der Waals surface area contributed by atoms with Gasteiger partial charge in [0.15, 0.2) is 0 Å². The maximum atomic E-state index is 4.74. The van der Waals surface area contributed by atoms with Crippen LogP contribution in [0.3, 0.4) is 0 Å². The van der Waals surface area contributed by atoms with Gasteiger partial charge >= 0.3 is 0 Å². The van der Waals surface area contributed by atoms with Crippen LogP contribution >= 0.6 is 12.4 Å². The largest absolute Gasteiger partial charge is 0.330 e. The summed E-state index contributed by atoms with van der Waals surface area (Å²) in [5, 5.41) is 3.42. The molecule has 1 aliphatic rings. The monoisotopic (exact) mass is 280 g/mol. The van der Waals surface area contributed by atoms with Gasteiger partial charge in [-0.1, -0.05) is 12.1 Å². The van der Waals surface area contributed by atoms with Crippen LogP contribution in [0.4, 0.5) is 0 Å². The van der Waals surface area contributed by atoms with Gasteiger partial charge in [-0.05, 0) is 19.1 Å². The number of nitrogens with one attached hydrogen (secondary N) is 1. The minimum absolute atomic E-state index is 0. The van der Waals surface area contributed by atoms with Crippen molar-refractivity contribution in [3.8, 4) is 0 Å². The fourth-order valence-electron chi connectivity index (χ4n) is 2.64. The maximum Gasteiger partial charge on any atom is 0.123 e. The Morgan fingerprint density at radius 1 is 1.37 bits per heavy atom. The lowest BCUT2D eigenvalue weighted by atomic mass is 10.2. The van der Waals surface area contributed by atoms with Gasteiger partial charge in [0, 0.05) is 32.7 Å². The standard InChI is InChI=1S/C14H20N4.ClH/c1-11-9-15-7-8-18(11)10-14-16-12-5-3-4-6-13(12)17(14)2;/h3-6,11,15H,7-10H2,1-2H3;1H/t11-;/m1./s1. The highest BCUT2D eigenvalue weighted by atomic mass is 35.5. The molecule has 1 saturated heterocycles. The second-order valence-electron chi connectivity index (χ2n) is 5.10. The molecule has 1 aromatic heterocycles. The van der Waals surface area contributed by atoms with Crippen LogP contribution in [-0.2, 0) is 13.6 Å². The number of aromatic nitrogens is 2. The molecule has 0 spiro atoms. The number of benzene rings is 1. The predicted molar refractivity (Wildman–Crippen MR) is 80.7 cm³/mol. The Morgan fingerprint density at radius 2 is 2.16 bits per heavy atom. The lowest BCUT2D eigenvalue weighted by molar-refractivity contribution is 0.160. The summed E-state index contributed by atoms with van der Waals surface area (Å²) in [5.74, 6) is 1.16. The summed E-state index contributed by atoms with van der Waals surface area (Å²) in [4.78, 5) is 7.24. The molecule has 104 valence electrons. The van der Waals surface area contributed by atoms with Crippen LogP contribution in [0.1, 0.15) is 12.7 Å². The summed E-state index contributed by atoms with van der Waals surface area (Å²) in [6.45, 7) is 6.46. The van der Waals surface area contributed by atoms with E-state index in [4.69, 9.17) is 4.98 Å². The third-order valence-corrected chi connectivity index (χ3v) is 3.86. The zero-order valence-electron chi connectivity index (χ0n) is 11.5. The molecule has 19 heavy (non-hydrogen) atoms. The third-order valence-electron chi connectivity index (χ3n) is 3.86. The lowest BCUT2D eigenvalue weighted by Gasteiger charge is -2.33. The van der Waals surface area contributed by atoms with Gasteiger partial charge in [0.05, 0.1) is 17.6 Å². The SMILES string of the molecule is C[C@@H]1CNCCN1Cc1nc2ccccc2n1C.Cl. The predicted octanol–water partition coefficient (Wildman–Crippen LogP) is 1.79. The van der Waals surface area contributed by atoms with Crippen molar-refractivity contribution >= 4 is 23.4 Å². The lowest BCUT2D eigenvalue weighted by Crippen LogP contribution is -2.49. The van der Waals surface area contributed by atoms with Crippen molar-refractivity contribution in [1.82, 2.24) is 19.8 Å². The first-order chi connectivity index (χ1) is 8.75. The van der Waals surface area contributed by atoms with Crippen LogP contribution < -0.4 is 5.32 Å². The summed E-state index contributed by atoms with van der Waals surface area (Å²) in [7, 11) is 2.11. The number of fused-ring (bicyclic) bond motifs is 1. The molecule has 1 fully saturated rings. The van der Waals surface area contributed by atoms with Gasteiger partial charge < -0.3 is 9.88 Å². The van der Waals surface area contributed by atoms with E-state index in [1.54, 1.807) is 0 Å². The number of aryl methyl sites for hydroxylation is 1. The normalized spacial score (nSPS) is 20.4. The number of halogens is 1. The fourth-order valence-corrected chi connectivity index (χ4v) is 2.64. The number of hydrogen-bond acceptors (Lipinski definition) is 3. The summed E-state index contributed by atoms with van der Waals surface area (Å²) in [6, 6.07) is 8.92. The number of nitrogens with zero attached hydrogens (tertiary/aromatic N) is 3. The van der Waals surface area contributed by atoms with E-state index < -0.39 is 0 Å². The smallest absolute Gasteiger partial charge is 0.123 e. The van der Waals surface area contributed by atoms with Crippen LogP contribution in [0.5, 0.6) is 0 Å². The van der Waals surface area contributed by atoms with Gasteiger partial charge in [0.1, 0.15) is 5.82 Å². The highest BCUT2D eigenvalue weighted by Gasteiger charge is 2.20. The molecule has 0 amide bonds. The Kier molecular flexibility index (Phi) is 4.45. The van der Waals surface area contributed by atoms with Crippen LogP contribution in [0.15, 0.2) is 24.3 Å². The molecule has 4 nitrogen and oxygen atoms in total. The summed E-state index contributed by atoms with van der Waals surface area (Å²) in [6.07, 6.45) is 0. The zero-order chi connectivity index (χ0) is 12.5. The molecule has 5 heteroatoms. The molecule has 0 saturated carbocycles. The van der Waals surface area contributed by atoms with Crippen molar-refractivity contribution in [2.24, 2.45) is 7.05 Å². The molecular formula is C14H21ClN4. The van der Waals surface area contributed by atoms with Crippen LogP contribution in [0.2, 0.25) is 0 Å². The van der Waals surface area contributed by atoms with Crippen LogP contribution in [-0.4, -0.2) is 40.1 Å². The fraction of sp³-hybridized carbons (Fsp3) is 0.500. The molecule has 1 atom stereocenters. The second-order valence-corrected chi connectivity index (χ2v) is 5.10. The number of para-hydroxylation sites is 2. The van der Waals surface area contributed by atoms with E-state index in [0.29, 0.717) is 6.04 Å². The number of rotatable bonds is 2. The van der Waals surface area contributed by atoms with Crippen LogP contribution in [0, 0.1) is 0 Å². The Morgan fingerprint density at radius 3 is 2.89 bits per heavy atom. The third kappa shape index (κ3) is 2.76. The van der Waals surface area contributed by atoms with Crippen molar-refractivity contribution in [2.45, 2.75) is 19.5 Å². The Hall–Kier alpha value is -1.10. The molecule has 0 unspecified atom stereocenters. The minimum atomic E-state index is 0. The van der Waals surface area contributed by atoms with E-state index in [0.717, 1.165) is 37.5 Å². The molecule has 3 rings (SSSR count). The van der Waals surface area contributed by atoms with Crippen molar-refractivity contribution < 1.29 is 0 Å². The molecule has 0 bridgehead atoms. The van der Waals surface area contributed by atoms with Crippen molar-refractivity contribution in [3.63, 3.8) is 0 Å². The average molecular weight is 281 g/mol. The Labute approximate surface area is 120 Å². The van der Waals surface area contributed by atoms with E-state index in [-0.39, 0.29) is 12.4 Å². The van der Waals surface area contributed by atoms with Gasteiger partial charge in [-0.3, -0.25) is 4.90 Å². The molecule has 1 N–H and O–H groups in total. The summed E-state index contributed by atoms with van der Waals surface area (Å²) in [5.41, 5.74) is 2.31. The summed E-state index contributed by atoms with van der Waals surface area (Å²) < 4.78 is 2.21. The van der Waals surface area contributed by atoms with Gasteiger partial charge in [-0.2, -0.15) is 0 Å². The van der Waals surface area contributed by atoms with Crippen molar-refractivity contribution in [2.75, 3.05) is 19.6 Å². The van der Waals surface area contributed by atoms with Gasteiger partial charge in [-0.25, -0.2) is 4.98 Å². The van der Waals surface area contributed by atoms with Gasteiger partial charge in [-0.15, -0.1) is 12.4 Å². The Bertz CT molecular complexity index is 551. The first-order valence-electron chi connectivity index (χ1n) is 6.61. The summed E-state index contributed by atoms with van der Waals surface area (Å²) >= 11 is 0. The van der Waals surface area contributed by atoms with E-state index >= 15 is 0 Å². The highest BCUT2D eigenvalue weighted by molar-refractivity contribution is 5.85. The topological polar surface area (TPSA) is 33.1 Å². The van der Waals surface area contributed by atoms with E-state index in [2.05, 4.69) is 47.0 Å². The quantitative estimate of drug-likeness (QED) is 0.910. The zero-order valence-corrected chi connectivity index (χ0v) is 12.3. The number of imidazole rings is 1. The second kappa shape index (κ2) is 5.90. The number of piperazine rings is 1. The molecule has 1 aromatic carbocycles. The molecule has 2 heterocycles. The highest BCUT2D eigenvalue weighted by Crippen LogP contribution is 2.16. The van der Waals surface area contributed by atoms with Gasteiger partial charge in [0.2, 0.25) is 0 Å². The first kappa shape index (κ1) is 14.3. The molecule has 2 aromatic rings. The van der Waals surface area contributed by atoms with E-state index in [1.807, 2.05) is 6.07 Å². The molecule has 0 aliphatic carbocycles. The molecule has 1 aliphatic heterocycles. The average Bonchev–Trinajstić information content (AvgIpc) is 2.70. The Balaban J connectivity index is 0.00000133. The van der Waals surface area contributed by atoms with Gasteiger partial charge in [0.25, 0.3) is 0 Å². The van der Waals surface area contributed by atoms with E-state index in [9.17, 15) is 0 Å². The van der Waals surface area contributed by atoms with Crippen molar-refractivity contribution in [3.05, 3.63) is 30.1 Å².